The molecule has 0 saturated heterocycles. The van der Waals surface area contributed by atoms with Crippen LogP contribution in [0.3, 0.4) is 0 Å². The molecule has 2 heterocycles. The number of aromatic nitrogens is 2. The molecule has 126 valence electrons. The fraction of sp³-hybridized carbons (Fsp3) is 0.150. The van der Waals surface area contributed by atoms with Crippen LogP contribution in [0.25, 0.3) is 0 Å². The Morgan fingerprint density at radius 3 is 2.40 bits per heavy atom. The predicted molar refractivity (Wildman–Crippen MR) is 95.5 cm³/mol. The van der Waals surface area contributed by atoms with Crippen LogP contribution >= 0.6 is 0 Å². The maximum atomic E-state index is 12.5. The van der Waals surface area contributed by atoms with E-state index in [1.807, 2.05) is 25.1 Å². The first-order valence-corrected chi connectivity index (χ1v) is 8.15. The number of rotatable bonds is 6. The van der Waals surface area contributed by atoms with Crippen LogP contribution < -0.4 is 10.1 Å². The molecule has 3 rings (SSSR count). The zero-order valence-corrected chi connectivity index (χ0v) is 13.9. The highest BCUT2D eigenvalue weighted by atomic mass is 16.5. The van der Waals surface area contributed by atoms with Gasteiger partial charge in [-0.3, -0.25) is 14.8 Å². The van der Waals surface area contributed by atoms with Gasteiger partial charge in [-0.2, -0.15) is 0 Å². The summed E-state index contributed by atoms with van der Waals surface area (Å²) in [6.45, 7) is 2.04. The van der Waals surface area contributed by atoms with Crippen molar-refractivity contribution in [1.29, 1.82) is 0 Å². The van der Waals surface area contributed by atoms with Crippen LogP contribution in [0.15, 0.2) is 73.3 Å². The molecule has 0 radical (unpaired) electrons. The molecule has 0 aliphatic heterocycles. The maximum Gasteiger partial charge on any atom is 0.251 e. The lowest BCUT2D eigenvalue weighted by Gasteiger charge is -2.17. The third kappa shape index (κ3) is 4.41. The van der Waals surface area contributed by atoms with Gasteiger partial charge in [0.05, 0.1) is 12.2 Å². The molecule has 0 spiro atoms. The van der Waals surface area contributed by atoms with Gasteiger partial charge in [-0.25, -0.2) is 0 Å². The number of nitrogens with zero attached hydrogens (tertiary/aromatic N) is 2. The first kappa shape index (κ1) is 16.6. The van der Waals surface area contributed by atoms with Crippen molar-refractivity contribution in [1.82, 2.24) is 15.3 Å². The van der Waals surface area contributed by atoms with E-state index in [9.17, 15) is 4.79 Å². The van der Waals surface area contributed by atoms with Crippen molar-refractivity contribution in [2.45, 2.75) is 19.4 Å². The van der Waals surface area contributed by atoms with Crippen LogP contribution in [-0.2, 0) is 0 Å². The minimum absolute atomic E-state index is 0.0400. The Hall–Kier alpha value is -3.21. The van der Waals surface area contributed by atoms with Gasteiger partial charge >= 0.3 is 0 Å². The lowest BCUT2D eigenvalue weighted by Crippen LogP contribution is -2.28. The van der Waals surface area contributed by atoms with E-state index < -0.39 is 0 Å². The molecule has 2 aromatic heterocycles. The second-order valence-corrected chi connectivity index (χ2v) is 5.53. The highest BCUT2D eigenvalue weighted by Crippen LogP contribution is 2.21. The highest BCUT2D eigenvalue weighted by Gasteiger charge is 2.14. The van der Waals surface area contributed by atoms with Gasteiger partial charge in [-0.15, -0.1) is 0 Å². The standard InChI is InChI=1S/C20H19N3O2/c1-2-19(15-9-12-21-13-10-15)23-20(24)16-5-7-17(8-6-16)25-18-4-3-11-22-14-18/h3-14,19H,2H2,1H3,(H,23,24). The molecular formula is C20H19N3O2. The van der Waals surface area contributed by atoms with Crippen LogP contribution in [0.5, 0.6) is 11.5 Å². The highest BCUT2D eigenvalue weighted by molar-refractivity contribution is 5.94. The summed E-state index contributed by atoms with van der Waals surface area (Å²) in [5.41, 5.74) is 1.63. The number of benzene rings is 1. The SMILES string of the molecule is CCC(NC(=O)c1ccc(Oc2cccnc2)cc1)c1ccncc1. The third-order valence-electron chi connectivity index (χ3n) is 3.81. The molecule has 5 heteroatoms. The van der Waals surface area contributed by atoms with Gasteiger partial charge < -0.3 is 10.1 Å². The van der Waals surface area contributed by atoms with Gasteiger partial charge in [0.25, 0.3) is 5.91 Å². The Morgan fingerprint density at radius 1 is 1.00 bits per heavy atom. The van der Waals surface area contributed by atoms with Crippen molar-refractivity contribution in [3.8, 4) is 11.5 Å². The van der Waals surface area contributed by atoms with Gasteiger partial charge in [0, 0.05) is 24.2 Å². The number of carbonyl (C=O) groups excluding carboxylic acids is 1. The van der Waals surface area contributed by atoms with Crippen LogP contribution in [0, 0.1) is 0 Å². The van der Waals surface area contributed by atoms with Crippen LogP contribution in [0.4, 0.5) is 0 Å². The number of hydrogen-bond acceptors (Lipinski definition) is 4. The average Bonchev–Trinajstić information content (AvgIpc) is 2.68. The summed E-state index contributed by atoms with van der Waals surface area (Å²) in [7, 11) is 0. The zero-order valence-electron chi connectivity index (χ0n) is 13.9. The van der Waals surface area contributed by atoms with Crippen molar-refractivity contribution in [3.05, 3.63) is 84.4 Å². The Morgan fingerprint density at radius 2 is 1.76 bits per heavy atom. The normalized spacial score (nSPS) is 11.6. The Balaban J connectivity index is 1.66. The van der Waals surface area contributed by atoms with E-state index in [4.69, 9.17) is 4.74 Å². The molecule has 5 nitrogen and oxygen atoms in total. The van der Waals surface area contributed by atoms with E-state index in [1.54, 1.807) is 55.1 Å². The molecule has 0 bridgehead atoms. The van der Waals surface area contributed by atoms with Gasteiger partial charge in [0.1, 0.15) is 11.5 Å². The molecular weight excluding hydrogens is 314 g/mol. The number of ether oxygens (including phenoxy) is 1. The van der Waals surface area contributed by atoms with E-state index in [-0.39, 0.29) is 11.9 Å². The van der Waals surface area contributed by atoms with Crippen molar-refractivity contribution in [3.63, 3.8) is 0 Å². The van der Waals surface area contributed by atoms with Crippen molar-refractivity contribution < 1.29 is 9.53 Å². The minimum Gasteiger partial charge on any atom is -0.456 e. The molecule has 0 fully saturated rings. The molecule has 0 aliphatic carbocycles. The zero-order chi connectivity index (χ0) is 17.5. The molecule has 1 amide bonds. The number of hydrogen-bond donors (Lipinski definition) is 1. The summed E-state index contributed by atoms with van der Waals surface area (Å²) < 4.78 is 5.68. The predicted octanol–water partition coefficient (Wildman–Crippen LogP) is 4.15. The Bertz CT molecular complexity index is 805. The van der Waals surface area contributed by atoms with Gasteiger partial charge in [0.15, 0.2) is 0 Å². The van der Waals surface area contributed by atoms with Crippen molar-refractivity contribution >= 4 is 5.91 Å². The third-order valence-corrected chi connectivity index (χ3v) is 3.81. The maximum absolute atomic E-state index is 12.5. The fourth-order valence-electron chi connectivity index (χ4n) is 2.48. The molecule has 0 saturated carbocycles. The van der Waals surface area contributed by atoms with Gasteiger partial charge in [-0.05, 0) is 60.5 Å². The van der Waals surface area contributed by atoms with E-state index >= 15 is 0 Å². The number of carbonyl (C=O) groups is 1. The summed E-state index contributed by atoms with van der Waals surface area (Å²) in [5, 5.41) is 3.05. The first-order chi connectivity index (χ1) is 12.3. The second kappa shape index (κ2) is 8.06. The minimum atomic E-state index is -0.114. The topological polar surface area (TPSA) is 64.1 Å². The molecule has 1 aromatic carbocycles. The number of nitrogens with one attached hydrogen (secondary N) is 1. The molecule has 0 aliphatic rings. The fourth-order valence-corrected chi connectivity index (χ4v) is 2.48. The lowest BCUT2D eigenvalue weighted by molar-refractivity contribution is 0.0935. The monoisotopic (exact) mass is 333 g/mol. The summed E-state index contributed by atoms with van der Waals surface area (Å²) in [4.78, 5) is 20.5. The second-order valence-electron chi connectivity index (χ2n) is 5.53. The first-order valence-electron chi connectivity index (χ1n) is 8.15. The summed E-state index contributed by atoms with van der Waals surface area (Å²) in [5.74, 6) is 1.20. The Labute approximate surface area is 146 Å². The summed E-state index contributed by atoms with van der Waals surface area (Å²) in [6.07, 6.45) is 7.59. The number of pyridine rings is 2. The number of amides is 1. The van der Waals surface area contributed by atoms with Crippen LogP contribution in [0.2, 0.25) is 0 Å². The summed E-state index contributed by atoms with van der Waals surface area (Å²) in [6, 6.07) is 14.5. The smallest absolute Gasteiger partial charge is 0.251 e. The average molecular weight is 333 g/mol. The van der Waals surface area contributed by atoms with Gasteiger partial charge in [0.2, 0.25) is 0 Å². The van der Waals surface area contributed by atoms with E-state index in [0.29, 0.717) is 17.1 Å². The molecule has 1 atom stereocenters. The Kier molecular flexibility index (Phi) is 5.36. The van der Waals surface area contributed by atoms with Crippen LogP contribution in [0.1, 0.15) is 35.3 Å². The van der Waals surface area contributed by atoms with E-state index in [1.165, 1.54) is 0 Å². The largest absolute Gasteiger partial charge is 0.456 e. The van der Waals surface area contributed by atoms with E-state index in [2.05, 4.69) is 15.3 Å². The van der Waals surface area contributed by atoms with E-state index in [0.717, 1.165) is 12.0 Å². The molecule has 1 N–H and O–H groups in total. The van der Waals surface area contributed by atoms with Gasteiger partial charge in [-0.1, -0.05) is 6.92 Å². The molecule has 25 heavy (non-hydrogen) atoms. The quantitative estimate of drug-likeness (QED) is 0.736. The van der Waals surface area contributed by atoms with Crippen molar-refractivity contribution in [2.24, 2.45) is 0 Å². The summed E-state index contributed by atoms with van der Waals surface area (Å²) >= 11 is 0. The lowest BCUT2D eigenvalue weighted by atomic mass is 10.1. The molecule has 1 unspecified atom stereocenters. The van der Waals surface area contributed by atoms with Crippen molar-refractivity contribution in [2.75, 3.05) is 0 Å². The van der Waals surface area contributed by atoms with Crippen LogP contribution in [-0.4, -0.2) is 15.9 Å². The molecule has 3 aromatic rings.